The maximum atomic E-state index is 12.9. The monoisotopic (exact) mass is 641 g/mol. The van der Waals surface area contributed by atoms with Gasteiger partial charge in [0.05, 0.1) is 25.6 Å². The zero-order valence-electron chi connectivity index (χ0n) is 25.9. The third-order valence-corrected chi connectivity index (χ3v) is 9.48. The molecule has 14 heteroatoms. The van der Waals surface area contributed by atoms with Crippen molar-refractivity contribution in [1.29, 1.82) is 0 Å². The van der Waals surface area contributed by atoms with Crippen molar-refractivity contribution in [1.82, 2.24) is 24.6 Å². The molecule has 1 aliphatic rings. The van der Waals surface area contributed by atoms with Gasteiger partial charge in [-0.2, -0.15) is 9.97 Å². The summed E-state index contributed by atoms with van der Waals surface area (Å²) in [5.41, 5.74) is 7.07. The number of nitrogens with zero attached hydrogens (tertiary/aromatic N) is 5. The number of imidazole rings is 1. The van der Waals surface area contributed by atoms with Gasteiger partial charge in [0.15, 0.2) is 17.0 Å². The van der Waals surface area contributed by atoms with Gasteiger partial charge in [-0.25, -0.2) is 10.1 Å². The molecule has 3 N–H and O–H groups in total. The summed E-state index contributed by atoms with van der Waals surface area (Å²) in [4.78, 5) is 28.0. The van der Waals surface area contributed by atoms with E-state index in [2.05, 4.69) is 20.0 Å². The molecule has 2 aromatic heterocycles. The summed E-state index contributed by atoms with van der Waals surface area (Å²) in [6.07, 6.45) is 2.50. The highest BCUT2D eigenvalue weighted by molar-refractivity contribution is 8.09. The molecule has 236 valence electrons. The van der Waals surface area contributed by atoms with E-state index in [1.807, 2.05) is 86.8 Å². The molecule has 0 bridgehead atoms. The van der Waals surface area contributed by atoms with Gasteiger partial charge in [-0.3, -0.25) is 9.36 Å². The second-order valence-corrected chi connectivity index (χ2v) is 15.4. The molecule has 12 nitrogen and oxygen atoms in total. The van der Waals surface area contributed by atoms with Crippen LogP contribution >= 0.6 is 6.64 Å². The van der Waals surface area contributed by atoms with Gasteiger partial charge in [0.2, 0.25) is 5.95 Å². The number of carbonyl (C=O) groups excluding carboxylic acids is 1. The minimum Gasteiger partial charge on any atom is -0.464 e. The second-order valence-electron chi connectivity index (χ2n) is 12.3. The van der Waals surface area contributed by atoms with E-state index >= 15 is 0 Å². The number of anilines is 2. The molecule has 0 spiro atoms. The number of esters is 1. The van der Waals surface area contributed by atoms with Crippen molar-refractivity contribution in [2.75, 3.05) is 37.9 Å². The molecule has 0 saturated carbocycles. The molecule has 1 fully saturated rings. The summed E-state index contributed by atoms with van der Waals surface area (Å²) >= 11 is 6.00. The molecule has 0 aliphatic carbocycles. The number of hydrogen-bond acceptors (Lipinski definition) is 11. The zero-order valence-corrected chi connectivity index (χ0v) is 27.6. The summed E-state index contributed by atoms with van der Waals surface area (Å²) in [6.45, 7) is 4.85. The first-order valence-corrected chi connectivity index (χ1v) is 17.1. The van der Waals surface area contributed by atoms with Crippen molar-refractivity contribution < 1.29 is 23.3 Å². The van der Waals surface area contributed by atoms with Crippen LogP contribution in [0.3, 0.4) is 0 Å². The van der Waals surface area contributed by atoms with Crippen LogP contribution in [0.15, 0.2) is 48.8 Å². The van der Waals surface area contributed by atoms with E-state index in [1.54, 1.807) is 13.3 Å². The minimum atomic E-state index is -3.27. The number of benzene rings is 2. The van der Waals surface area contributed by atoms with Crippen LogP contribution in [-0.2, 0) is 30.6 Å². The number of fused-ring (bicyclic) bond motifs is 2. The average Bonchev–Trinajstić information content (AvgIpc) is 3.61. The molecule has 4 aromatic rings. The molecular weight excluding hydrogens is 601 g/mol. The predicted octanol–water partition coefficient (Wildman–Crippen LogP) is 5.19. The maximum Gasteiger partial charge on any atom is 0.323 e. The van der Waals surface area contributed by atoms with Crippen LogP contribution < -0.4 is 20.2 Å². The van der Waals surface area contributed by atoms with Crippen LogP contribution in [-0.4, -0.2) is 64.9 Å². The molecule has 1 aliphatic heterocycles. The third-order valence-electron chi connectivity index (χ3n) is 6.99. The number of ether oxygens (including phenoxy) is 2. The summed E-state index contributed by atoms with van der Waals surface area (Å²) < 4.78 is 26.5. The quantitative estimate of drug-likeness (QED) is 0.165. The Morgan fingerprint density at radius 3 is 2.70 bits per heavy atom. The van der Waals surface area contributed by atoms with Gasteiger partial charge in [-0.1, -0.05) is 57.2 Å². The van der Waals surface area contributed by atoms with Crippen LogP contribution in [0.4, 0.5) is 11.8 Å². The standard InChI is InChI=1S/C30H40N7O5PS/c1-19(28(38)39-17-30(2,3)4)35-43(44,42-23-13-9-11-20-10-7-8-12-22(20)23)40-16-21-14-15-24(41-21)37-18-32-25-26(36(5)6)33-29(31)34-27(25)37/h7-13,18-19,21,24H,14-17H2,1-6H3,(H,35,44)(H2,31,33,34)/t19-,21+,24-,43-/m1/s1. The Hall–Kier alpha value is -3.35. The molecule has 1 saturated heterocycles. The van der Waals surface area contributed by atoms with Crippen molar-refractivity contribution in [3.8, 4) is 5.75 Å². The van der Waals surface area contributed by atoms with Gasteiger partial charge in [-0.15, -0.1) is 0 Å². The lowest BCUT2D eigenvalue weighted by Crippen LogP contribution is -2.36. The zero-order chi connectivity index (χ0) is 31.6. The van der Waals surface area contributed by atoms with Crippen molar-refractivity contribution in [3.05, 3.63) is 48.8 Å². The Kier molecular flexibility index (Phi) is 9.43. The van der Waals surface area contributed by atoms with Gasteiger partial charge in [0, 0.05) is 19.5 Å². The number of rotatable bonds is 11. The number of hydrogen-bond donors (Lipinski definition) is 2. The average molecular weight is 642 g/mol. The Balaban J connectivity index is 1.32. The molecule has 4 atom stereocenters. The minimum absolute atomic E-state index is 0.155. The fraction of sp³-hybridized carbons (Fsp3) is 0.467. The second kappa shape index (κ2) is 12.9. The lowest BCUT2D eigenvalue weighted by atomic mass is 9.99. The molecular formula is C30H40N7O5PS. The topological polar surface area (TPSA) is 139 Å². The third kappa shape index (κ3) is 7.47. The Labute approximate surface area is 262 Å². The van der Waals surface area contributed by atoms with Crippen LogP contribution in [0.5, 0.6) is 5.75 Å². The molecule has 2 aromatic carbocycles. The van der Waals surface area contributed by atoms with E-state index in [4.69, 9.17) is 36.1 Å². The molecule has 5 rings (SSSR count). The van der Waals surface area contributed by atoms with Gasteiger partial charge in [0.25, 0.3) is 0 Å². The molecule has 44 heavy (non-hydrogen) atoms. The van der Waals surface area contributed by atoms with Crippen molar-refractivity contribution in [2.24, 2.45) is 5.41 Å². The number of nitrogens with two attached hydrogens (primary N) is 1. The maximum absolute atomic E-state index is 12.9. The van der Waals surface area contributed by atoms with E-state index in [-0.39, 0.29) is 36.9 Å². The highest BCUT2D eigenvalue weighted by Gasteiger charge is 2.34. The Morgan fingerprint density at radius 1 is 1.20 bits per heavy atom. The smallest absolute Gasteiger partial charge is 0.323 e. The molecule has 3 heterocycles. The van der Waals surface area contributed by atoms with Crippen LogP contribution in [0.2, 0.25) is 0 Å². The molecule has 0 radical (unpaired) electrons. The predicted molar refractivity (Wildman–Crippen MR) is 175 cm³/mol. The van der Waals surface area contributed by atoms with Crippen LogP contribution in [0.1, 0.15) is 46.8 Å². The van der Waals surface area contributed by atoms with Gasteiger partial charge >= 0.3 is 12.6 Å². The van der Waals surface area contributed by atoms with E-state index < -0.39 is 18.7 Å². The summed E-state index contributed by atoms with van der Waals surface area (Å²) in [6, 6.07) is 12.8. The number of aromatic nitrogens is 4. The van der Waals surface area contributed by atoms with Crippen molar-refractivity contribution in [3.63, 3.8) is 0 Å². The number of nitrogen functional groups attached to an aromatic ring is 1. The van der Waals surface area contributed by atoms with Crippen molar-refractivity contribution in [2.45, 2.75) is 58.9 Å². The van der Waals surface area contributed by atoms with Crippen LogP contribution in [0, 0.1) is 5.41 Å². The first-order valence-electron chi connectivity index (χ1n) is 14.5. The fourth-order valence-corrected chi connectivity index (χ4v) is 7.27. The van der Waals surface area contributed by atoms with Gasteiger partial charge < -0.3 is 29.2 Å². The van der Waals surface area contributed by atoms with E-state index in [1.165, 1.54) is 0 Å². The molecule has 0 unspecified atom stereocenters. The first-order chi connectivity index (χ1) is 20.8. The van der Waals surface area contributed by atoms with Crippen molar-refractivity contribution >= 4 is 58.1 Å². The summed E-state index contributed by atoms with van der Waals surface area (Å²) in [5.74, 6) is 0.935. The summed E-state index contributed by atoms with van der Waals surface area (Å²) in [7, 11) is 3.76. The van der Waals surface area contributed by atoms with Gasteiger partial charge in [-0.05, 0) is 48.4 Å². The Morgan fingerprint density at radius 2 is 1.95 bits per heavy atom. The van der Waals surface area contributed by atoms with E-state index in [9.17, 15) is 4.79 Å². The highest BCUT2D eigenvalue weighted by atomic mass is 32.5. The largest absolute Gasteiger partial charge is 0.464 e. The van der Waals surface area contributed by atoms with E-state index in [0.717, 1.165) is 10.8 Å². The number of carbonyl (C=O) groups is 1. The van der Waals surface area contributed by atoms with Crippen LogP contribution in [0.25, 0.3) is 21.9 Å². The van der Waals surface area contributed by atoms with Gasteiger partial charge in [0.1, 0.15) is 18.0 Å². The van der Waals surface area contributed by atoms with E-state index in [0.29, 0.717) is 35.6 Å². The molecule has 0 amide bonds. The Bertz CT molecular complexity index is 1690. The lowest BCUT2D eigenvalue weighted by molar-refractivity contribution is -0.148. The summed E-state index contributed by atoms with van der Waals surface area (Å²) in [5, 5.41) is 5.04. The number of nitrogens with one attached hydrogen (secondary N) is 1. The first kappa shape index (κ1) is 32.1. The fourth-order valence-electron chi connectivity index (χ4n) is 4.83. The SMILES string of the molecule is C[C@@H](N[P@@](=S)(OC[C@@H]1CC[C@H](n2cnc3c(N(C)C)nc(N)nc32)O1)Oc1cccc2ccccc12)C(=O)OCC(C)(C)C. The normalized spacial score (nSPS) is 19.1. The highest BCUT2D eigenvalue weighted by Crippen LogP contribution is 2.48. The lowest BCUT2D eigenvalue weighted by Gasteiger charge is -2.28.